The van der Waals surface area contributed by atoms with E-state index in [1.54, 1.807) is 34.9 Å². The zero-order valence-electron chi connectivity index (χ0n) is 16.1. The Morgan fingerprint density at radius 2 is 1.96 bits per heavy atom. The fourth-order valence-electron chi connectivity index (χ4n) is 3.02. The Morgan fingerprint density at radius 3 is 2.57 bits per heavy atom. The van der Waals surface area contributed by atoms with Crippen LogP contribution < -0.4 is 10.6 Å². The number of carbonyl (C=O) groups excluding carboxylic acids is 3. The van der Waals surface area contributed by atoms with Gasteiger partial charge in [0.2, 0.25) is 5.91 Å². The average molecular weight is 472 g/mol. The van der Waals surface area contributed by atoms with Crippen molar-refractivity contribution in [3.63, 3.8) is 0 Å². The maximum atomic E-state index is 12.8. The molecule has 2 rings (SSSR count). The highest BCUT2D eigenvalue weighted by Gasteiger charge is 2.28. The van der Waals surface area contributed by atoms with Gasteiger partial charge in [-0.3, -0.25) is 9.59 Å². The van der Waals surface area contributed by atoms with Crippen molar-refractivity contribution in [2.24, 2.45) is 0 Å². The molecule has 1 atom stereocenters. The van der Waals surface area contributed by atoms with Crippen LogP contribution in [-0.4, -0.2) is 67.1 Å². The maximum Gasteiger partial charge on any atom is 0.409 e. The third kappa shape index (κ3) is 6.41. The lowest BCUT2D eigenvalue weighted by atomic mass is 10.0. The minimum atomic E-state index is -0.606. The Kier molecular flexibility index (Phi) is 9.11. The number of thioether (sulfide) groups is 1. The zero-order chi connectivity index (χ0) is 20.5. The van der Waals surface area contributed by atoms with Crippen LogP contribution in [0.25, 0.3) is 0 Å². The summed E-state index contributed by atoms with van der Waals surface area (Å²) in [7, 11) is 1.36. The normalized spacial score (nSPS) is 15.6. The molecule has 7 nitrogen and oxygen atoms in total. The van der Waals surface area contributed by atoms with E-state index in [1.807, 2.05) is 12.3 Å². The van der Waals surface area contributed by atoms with Crippen molar-refractivity contribution in [1.29, 1.82) is 0 Å². The van der Waals surface area contributed by atoms with E-state index in [4.69, 9.17) is 4.74 Å². The molecule has 2 N–H and O–H groups in total. The van der Waals surface area contributed by atoms with Crippen LogP contribution in [0.15, 0.2) is 28.7 Å². The molecule has 0 radical (unpaired) electrons. The number of benzene rings is 1. The molecule has 1 heterocycles. The summed E-state index contributed by atoms with van der Waals surface area (Å²) < 4.78 is 5.42. The molecule has 1 aliphatic rings. The number of amides is 3. The molecule has 1 unspecified atom stereocenters. The zero-order valence-corrected chi connectivity index (χ0v) is 18.5. The topological polar surface area (TPSA) is 87.7 Å². The Bertz CT molecular complexity index is 696. The summed E-state index contributed by atoms with van der Waals surface area (Å²) in [5.41, 5.74) is 0.496. The second kappa shape index (κ2) is 11.3. The molecule has 1 aromatic rings. The van der Waals surface area contributed by atoms with E-state index < -0.39 is 6.04 Å². The Morgan fingerprint density at radius 1 is 1.29 bits per heavy atom. The maximum absolute atomic E-state index is 12.8. The molecule has 1 aromatic carbocycles. The van der Waals surface area contributed by atoms with Gasteiger partial charge >= 0.3 is 6.09 Å². The van der Waals surface area contributed by atoms with Gasteiger partial charge in [0.25, 0.3) is 5.91 Å². The number of nitrogens with zero attached hydrogens (tertiary/aromatic N) is 1. The number of halogens is 1. The Hall–Kier alpha value is -1.74. The number of likely N-dealkylation sites (tertiary alicyclic amines) is 1. The molecule has 1 aliphatic heterocycles. The second-order valence-electron chi connectivity index (χ2n) is 6.53. The number of piperidine rings is 1. The molecule has 154 valence electrons. The van der Waals surface area contributed by atoms with Crippen LogP contribution in [0.3, 0.4) is 0 Å². The van der Waals surface area contributed by atoms with Crippen molar-refractivity contribution in [3.8, 4) is 0 Å². The molecule has 0 bridgehead atoms. The first-order valence-corrected chi connectivity index (χ1v) is 11.3. The largest absolute Gasteiger partial charge is 0.453 e. The SMILES string of the molecule is COC(=O)N1CCC(NC(=O)C(CCSC)NC(=O)c2ccccc2Br)CC1. The third-order valence-electron chi connectivity index (χ3n) is 4.63. The summed E-state index contributed by atoms with van der Waals surface area (Å²) in [4.78, 5) is 38.6. The molecule has 0 aromatic heterocycles. The molecule has 0 aliphatic carbocycles. The number of ether oxygens (including phenoxy) is 1. The van der Waals surface area contributed by atoms with Crippen LogP contribution in [0.2, 0.25) is 0 Å². The summed E-state index contributed by atoms with van der Waals surface area (Å²) in [6.45, 7) is 1.08. The third-order valence-corrected chi connectivity index (χ3v) is 5.96. The predicted molar refractivity (Wildman–Crippen MR) is 114 cm³/mol. The Balaban J connectivity index is 1.95. The molecule has 0 saturated carbocycles. The van der Waals surface area contributed by atoms with Gasteiger partial charge in [0, 0.05) is 23.6 Å². The molecule has 28 heavy (non-hydrogen) atoms. The number of hydrogen-bond acceptors (Lipinski definition) is 5. The van der Waals surface area contributed by atoms with E-state index in [0.717, 1.165) is 5.75 Å². The van der Waals surface area contributed by atoms with Gasteiger partial charge in [0.05, 0.1) is 12.7 Å². The number of methoxy groups -OCH3 is 1. The highest BCUT2D eigenvalue weighted by atomic mass is 79.9. The van der Waals surface area contributed by atoms with Gasteiger partial charge in [0.1, 0.15) is 6.04 Å². The first-order valence-electron chi connectivity index (χ1n) is 9.13. The van der Waals surface area contributed by atoms with Crippen LogP contribution in [0.4, 0.5) is 4.79 Å². The summed E-state index contributed by atoms with van der Waals surface area (Å²) in [6, 6.07) is 6.49. The van der Waals surface area contributed by atoms with Gasteiger partial charge in [0.15, 0.2) is 0 Å². The standard InChI is InChI=1S/C19H26BrN3O4S/c1-27-19(26)23-10-7-13(8-11-23)21-18(25)16(9-12-28-2)22-17(24)14-5-3-4-6-15(14)20/h3-6,13,16H,7-12H2,1-2H3,(H,21,25)(H,22,24). The minimum absolute atomic E-state index is 0.0226. The van der Waals surface area contributed by atoms with Crippen LogP contribution in [-0.2, 0) is 9.53 Å². The molecular weight excluding hydrogens is 446 g/mol. The van der Waals surface area contributed by atoms with Gasteiger partial charge in [-0.25, -0.2) is 4.79 Å². The van der Waals surface area contributed by atoms with Gasteiger partial charge in [-0.15, -0.1) is 0 Å². The molecule has 1 saturated heterocycles. The average Bonchev–Trinajstić information content (AvgIpc) is 2.71. The lowest BCUT2D eigenvalue weighted by molar-refractivity contribution is -0.124. The van der Waals surface area contributed by atoms with Crippen molar-refractivity contribution >= 4 is 45.6 Å². The first-order chi connectivity index (χ1) is 13.5. The smallest absolute Gasteiger partial charge is 0.409 e. The summed E-state index contributed by atoms with van der Waals surface area (Å²) in [6.07, 6.45) is 3.49. The van der Waals surface area contributed by atoms with Gasteiger partial charge in [-0.1, -0.05) is 12.1 Å². The van der Waals surface area contributed by atoms with Crippen LogP contribution >= 0.6 is 27.7 Å². The fourth-order valence-corrected chi connectivity index (χ4v) is 3.96. The van der Waals surface area contributed by atoms with Gasteiger partial charge < -0.3 is 20.3 Å². The molecule has 3 amide bonds. The van der Waals surface area contributed by atoms with E-state index in [0.29, 0.717) is 42.4 Å². The van der Waals surface area contributed by atoms with E-state index in [2.05, 4.69) is 26.6 Å². The van der Waals surface area contributed by atoms with Crippen LogP contribution in [0.1, 0.15) is 29.6 Å². The van der Waals surface area contributed by atoms with Crippen LogP contribution in [0.5, 0.6) is 0 Å². The molecule has 0 spiro atoms. The van der Waals surface area contributed by atoms with E-state index in [1.165, 1.54) is 7.11 Å². The summed E-state index contributed by atoms with van der Waals surface area (Å²) in [5.74, 6) is 0.287. The fraction of sp³-hybridized carbons (Fsp3) is 0.526. The lowest BCUT2D eigenvalue weighted by Crippen LogP contribution is -2.52. The number of nitrogens with one attached hydrogen (secondary N) is 2. The second-order valence-corrected chi connectivity index (χ2v) is 8.37. The minimum Gasteiger partial charge on any atom is -0.453 e. The van der Waals surface area contributed by atoms with E-state index >= 15 is 0 Å². The molecule has 9 heteroatoms. The summed E-state index contributed by atoms with van der Waals surface area (Å²) >= 11 is 5.00. The van der Waals surface area contributed by atoms with Crippen LogP contribution in [0, 0.1) is 0 Å². The van der Waals surface area contributed by atoms with Gasteiger partial charge in [-0.05, 0) is 59.3 Å². The number of hydrogen-bond donors (Lipinski definition) is 2. The van der Waals surface area contributed by atoms with E-state index in [-0.39, 0.29) is 23.9 Å². The van der Waals surface area contributed by atoms with Crippen molar-refractivity contribution in [2.45, 2.75) is 31.3 Å². The highest BCUT2D eigenvalue weighted by Crippen LogP contribution is 2.16. The van der Waals surface area contributed by atoms with Crippen molar-refractivity contribution in [2.75, 3.05) is 32.2 Å². The lowest BCUT2D eigenvalue weighted by Gasteiger charge is -2.32. The predicted octanol–water partition coefficient (Wildman–Crippen LogP) is 2.65. The molecular formula is C19H26BrN3O4S. The van der Waals surface area contributed by atoms with Crippen molar-refractivity contribution < 1.29 is 19.1 Å². The van der Waals surface area contributed by atoms with Crippen molar-refractivity contribution in [1.82, 2.24) is 15.5 Å². The monoisotopic (exact) mass is 471 g/mol. The van der Waals surface area contributed by atoms with Crippen molar-refractivity contribution in [3.05, 3.63) is 34.3 Å². The number of carbonyl (C=O) groups is 3. The number of rotatable bonds is 7. The van der Waals surface area contributed by atoms with E-state index in [9.17, 15) is 14.4 Å². The quantitative estimate of drug-likeness (QED) is 0.637. The summed E-state index contributed by atoms with van der Waals surface area (Å²) in [5, 5.41) is 5.88. The Labute approximate surface area is 178 Å². The van der Waals surface area contributed by atoms with Gasteiger partial charge in [-0.2, -0.15) is 11.8 Å². The highest BCUT2D eigenvalue weighted by molar-refractivity contribution is 9.10. The first kappa shape index (κ1) is 22.5. The molecule has 1 fully saturated rings.